The Kier molecular flexibility index (Phi) is 9.80. The molecule has 0 amide bonds. The van der Waals surface area contributed by atoms with Gasteiger partial charge in [-0.05, 0) is 33.1 Å². The van der Waals surface area contributed by atoms with E-state index in [1.165, 1.54) is 0 Å². The number of carbonyl (C=O) groups is 1. The van der Waals surface area contributed by atoms with Gasteiger partial charge in [-0.2, -0.15) is 0 Å². The predicted octanol–water partition coefficient (Wildman–Crippen LogP) is 1.79. The molecule has 0 heterocycles. The van der Waals surface area contributed by atoms with Crippen LogP contribution in [-0.2, 0) is 14.3 Å². The third kappa shape index (κ3) is 6.68. The number of esters is 1. The highest BCUT2D eigenvalue weighted by Gasteiger charge is 2.31. The van der Waals surface area contributed by atoms with Crippen molar-refractivity contribution in [3.05, 3.63) is 0 Å². The van der Waals surface area contributed by atoms with Crippen molar-refractivity contribution in [1.29, 1.82) is 0 Å². The highest BCUT2D eigenvalue weighted by Crippen LogP contribution is 2.14. The maximum Gasteiger partial charge on any atom is 0.325 e. The third-order valence-electron chi connectivity index (χ3n) is 3.70. The van der Waals surface area contributed by atoms with E-state index < -0.39 is 5.54 Å². The molecule has 0 aromatic carbocycles. The minimum atomic E-state index is -0.923. The second-order valence-corrected chi connectivity index (χ2v) is 5.39. The van der Waals surface area contributed by atoms with E-state index >= 15 is 0 Å². The van der Waals surface area contributed by atoms with Crippen molar-refractivity contribution < 1.29 is 14.3 Å². The SMILES string of the molecule is CCOC(=O)C(C)(N)CCN(CCOC)C(CC)CC. The van der Waals surface area contributed by atoms with E-state index in [0.29, 0.717) is 25.7 Å². The summed E-state index contributed by atoms with van der Waals surface area (Å²) >= 11 is 0. The molecule has 0 spiro atoms. The van der Waals surface area contributed by atoms with Crippen LogP contribution in [0, 0.1) is 0 Å². The van der Waals surface area contributed by atoms with Gasteiger partial charge in [0.15, 0.2) is 0 Å². The smallest absolute Gasteiger partial charge is 0.325 e. The van der Waals surface area contributed by atoms with Crippen LogP contribution in [0.25, 0.3) is 0 Å². The van der Waals surface area contributed by atoms with Crippen LogP contribution < -0.4 is 5.73 Å². The lowest BCUT2D eigenvalue weighted by Crippen LogP contribution is -2.50. The Morgan fingerprint density at radius 3 is 2.30 bits per heavy atom. The van der Waals surface area contributed by atoms with Gasteiger partial charge in [0.1, 0.15) is 5.54 Å². The Bertz CT molecular complexity index is 266. The molecule has 0 saturated heterocycles. The first kappa shape index (κ1) is 19.4. The molecule has 0 aromatic heterocycles. The zero-order chi connectivity index (χ0) is 15.6. The molecule has 1 atom stereocenters. The molecule has 0 aliphatic heterocycles. The molecule has 0 aliphatic rings. The quantitative estimate of drug-likeness (QED) is 0.587. The Labute approximate surface area is 123 Å². The first-order valence-corrected chi connectivity index (χ1v) is 7.61. The molecular formula is C15H32N2O3. The van der Waals surface area contributed by atoms with Crippen molar-refractivity contribution >= 4 is 5.97 Å². The minimum absolute atomic E-state index is 0.323. The van der Waals surface area contributed by atoms with E-state index in [1.54, 1.807) is 21.0 Å². The van der Waals surface area contributed by atoms with Crippen LogP contribution in [0.2, 0.25) is 0 Å². The van der Waals surface area contributed by atoms with Crippen LogP contribution in [0.4, 0.5) is 0 Å². The van der Waals surface area contributed by atoms with Crippen LogP contribution in [0.15, 0.2) is 0 Å². The van der Waals surface area contributed by atoms with Gasteiger partial charge in [-0.3, -0.25) is 9.69 Å². The summed E-state index contributed by atoms with van der Waals surface area (Å²) < 4.78 is 10.2. The lowest BCUT2D eigenvalue weighted by Gasteiger charge is -2.33. The number of ether oxygens (including phenoxy) is 2. The molecule has 20 heavy (non-hydrogen) atoms. The molecule has 1 unspecified atom stereocenters. The summed E-state index contributed by atoms with van der Waals surface area (Å²) in [6, 6.07) is 0.503. The van der Waals surface area contributed by atoms with Crippen LogP contribution in [0.1, 0.15) is 47.0 Å². The summed E-state index contributed by atoms with van der Waals surface area (Å²) in [7, 11) is 1.71. The van der Waals surface area contributed by atoms with Crippen LogP contribution >= 0.6 is 0 Å². The van der Waals surface area contributed by atoms with Gasteiger partial charge < -0.3 is 15.2 Å². The summed E-state index contributed by atoms with van der Waals surface area (Å²) in [5.41, 5.74) is 5.15. The van der Waals surface area contributed by atoms with Crippen LogP contribution in [0.5, 0.6) is 0 Å². The summed E-state index contributed by atoms with van der Waals surface area (Å²) in [5, 5.41) is 0. The van der Waals surface area contributed by atoms with Gasteiger partial charge in [-0.15, -0.1) is 0 Å². The average molecular weight is 288 g/mol. The summed E-state index contributed by atoms with van der Waals surface area (Å²) in [4.78, 5) is 14.2. The Balaban J connectivity index is 4.53. The molecular weight excluding hydrogens is 256 g/mol. The lowest BCUT2D eigenvalue weighted by molar-refractivity contribution is -0.149. The summed E-state index contributed by atoms with van der Waals surface area (Å²) in [6.45, 7) is 10.6. The number of hydrogen-bond acceptors (Lipinski definition) is 5. The molecule has 5 heteroatoms. The minimum Gasteiger partial charge on any atom is -0.465 e. The number of carbonyl (C=O) groups excluding carboxylic acids is 1. The van der Waals surface area contributed by atoms with Crippen molar-refractivity contribution in [3.8, 4) is 0 Å². The number of nitrogens with two attached hydrogens (primary N) is 1. The number of rotatable bonds is 11. The Morgan fingerprint density at radius 2 is 1.85 bits per heavy atom. The zero-order valence-electron chi connectivity index (χ0n) is 13.8. The predicted molar refractivity (Wildman–Crippen MR) is 81.7 cm³/mol. The van der Waals surface area contributed by atoms with Gasteiger partial charge in [0.2, 0.25) is 0 Å². The third-order valence-corrected chi connectivity index (χ3v) is 3.70. The van der Waals surface area contributed by atoms with Crippen molar-refractivity contribution in [2.24, 2.45) is 5.73 Å². The molecule has 0 aliphatic carbocycles. The molecule has 0 fully saturated rings. The van der Waals surface area contributed by atoms with E-state index in [4.69, 9.17) is 15.2 Å². The fraction of sp³-hybridized carbons (Fsp3) is 0.933. The van der Waals surface area contributed by atoms with Gasteiger partial charge >= 0.3 is 5.97 Å². The van der Waals surface area contributed by atoms with Gasteiger partial charge in [0, 0.05) is 26.2 Å². The molecule has 2 N–H and O–H groups in total. The standard InChI is InChI=1S/C15H32N2O3/c1-6-13(7-2)17(11-12-19-5)10-9-15(4,16)14(18)20-8-3/h13H,6-12,16H2,1-5H3. The monoisotopic (exact) mass is 288 g/mol. The normalized spacial score (nSPS) is 14.6. The number of methoxy groups -OCH3 is 1. The molecule has 0 radical (unpaired) electrons. The van der Waals surface area contributed by atoms with Crippen LogP contribution in [-0.4, -0.2) is 55.9 Å². The Morgan fingerprint density at radius 1 is 1.25 bits per heavy atom. The molecule has 0 bridgehead atoms. The van der Waals surface area contributed by atoms with E-state index in [-0.39, 0.29) is 5.97 Å². The van der Waals surface area contributed by atoms with E-state index in [1.807, 2.05) is 0 Å². The van der Waals surface area contributed by atoms with Crippen LogP contribution in [0.3, 0.4) is 0 Å². The summed E-state index contributed by atoms with van der Waals surface area (Å²) in [5.74, 6) is -0.323. The average Bonchev–Trinajstić information content (AvgIpc) is 2.42. The highest BCUT2D eigenvalue weighted by atomic mass is 16.5. The summed E-state index contributed by atoms with van der Waals surface area (Å²) in [6.07, 6.45) is 2.76. The first-order valence-electron chi connectivity index (χ1n) is 7.61. The fourth-order valence-electron chi connectivity index (χ4n) is 2.26. The fourth-order valence-corrected chi connectivity index (χ4v) is 2.26. The maximum atomic E-state index is 11.8. The molecule has 0 saturated carbocycles. The number of hydrogen-bond donors (Lipinski definition) is 1. The molecule has 0 rings (SSSR count). The van der Waals surface area contributed by atoms with Crippen molar-refractivity contribution in [2.75, 3.05) is 33.4 Å². The van der Waals surface area contributed by atoms with E-state index in [2.05, 4.69) is 18.7 Å². The van der Waals surface area contributed by atoms with Gasteiger partial charge in [0.25, 0.3) is 0 Å². The lowest BCUT2D eigenvalue weighted by atomic mass is 9.98. The molecule has 5 nitrogen and oxygen atoms in total. The second kappa shape index (κ2) is 10.1. The zero-order valence-corrected chi connectivity index (χ0v) is 13.8. The Hall–Kier alpha value is -0.650. The van der Waals surface area contributed by atoms with Crippen molar-refractivity contribution in [1.82, 2.24) is 4.90 Å². The second-order valence-electron chi connectivity index (χ2n) is 5.39. The van der Waals surface area contributed by atoms with Gasteiger partial charge in [-0.1, -0.05) is 13.8 Å². The van der Waals surface area contributed by atoms with E-state index in [0.717, 1.165) is 25.9 Å². The molecule has 120 valence electrons. The van der Waals surface area contributed by atoms with Crippen molar-refractivity contribution in [3.63, 3.8) is 0 Å². The number of nitrogens with zero attached hydrogens (tertiary/aromatic N) is 1. The highest BCUT2D eigenvalue weighted by molar-refractivity contribution is 5.79. The largest absolute Gasteiger partial charge is 0.465 e. The van der Waals surface area contributed by atoms with E-state index in [9.17, 15) is 4.79 Å². The maximum absolute atomic E-state index is 11.8. The topological polar surface area (TPSA) is 64.8 Å². The molecule has 0 aromatic rings. The first-order chi connectivity index (χ1) is 9.42. The van der Waals surface area contributed by atoms with Gasteiger partial charge in [0.05, 0.1) is 13.2 Å². The van der Waals surface area contributed by atoms with Gasteiger partial charge in [-0.25, -0.2) is 0 Å². The van der Waals surface area contributed by atoms with Crippen molar-refractivity contribution in [2.45, 2.75) is 58.5 Å².